The number of rotatable bonds is 2. The van der Waals surface area contributed by atoms with Crippen molar-refractivity contribution in [2.45, 2.75) is 25.7 Å². The Bertz CT molecular complexity index is 514. The second kappa shape index (κ2) is 6.20. The lowest BCUT2D eigenvalue weighted by molar-refractivity contribution is -0.135. The van der Waals surface area contributed by atoms with Crippen LogP contribution in [0.5, 0.6) is 0 Å². The van der Waals surface area contributed by atoms with E-state index in [2.05, 4.69) is 9.97 Å². The molecule has 2 aliphatic rings. The number of hydrogen-bond donors (Lipinski definition) is 0. The Morgan fingerprint density at radius 3 is 2.52 bits per heavy atom. The van der Waals surface area contributed by atoms with Crippen molar-refractivity contribution in [2.24, 2.45) is 5.92 Å². The van der Waals surface area contributed by atoms with Gasteiger partial charge in [0.2, 0.25) is 5.91 Å². The number of aromatic nitrogens is 2. The van der Waals surface area contributed by atoms with E-state index in [0.29, 0.717) is 18.8 Å². The molecule has 1 atom stereocenters. The predicted octanol–water partition coefficient (Wildman–Crippen LogP) is 0.951. The minimum absolute atomic E-state index is 0.0579. The first-order valence-corrected chi connectivity index (χ1v) is 7.60. The van der Waals surface area contributed by atoms with E-state index in [1.54, 1.807) is 11.1 Å². The van der Waals surface area contributed by atoms with Crippen molar-refractivity contribution in [1.82, 2.24) is 19.8 Å². The maximum absolute atomic E-state index is 12.5. The predicted molar refractivity (Wildman–Crippen MR) is 76.5 cm³/mol. The molecule has 6 heteroatoms. The lowest BCUT2D eigenvalue weighted by Crippen LogP contribution is -2.46. The lowest BCUT2D eigenvalue weighted by Gasteiger charge is -2.33. The van der Waals surface area contributed by atoms with E-state index in [1.165, 1.54) is 12.4 Å². The number of hydrogen-bond acceptors (Lipinski definition) is 4. The zero-order chi connectivity index (χ0) is 14.7. The van der Waals surface area contributed by atoms with Crippen LogP contribution in [-0.4, -0.2) is 57.8 Å². The summed E-state index contributed by atoms with van der Waals surface area (Å²) in [7, 11) is 0. The van der Waals surface area contributed by atoms with Crippen LogP contribution in [0.1, 0.15) is 36.2 Å². The molecule has 1 aromatic heterocycles. The fourth-order valence-electron chi connectivity index (χ4n) is 3.13. The topological polar surface area (TPSA) is 66.4 Å². The van der Waals surface area contributed by atoms with Crippen LogP contribution in [0.4, 0.5) is 0 Å². The first-order chi connectivity index (χ1) is 10.3. The normalized spacial score (nSPS) is 22.4. The second-order valence-electron chi connectivity index (χ2n) is 5.71. The Hall–Kier alpha value is -1.98. The Morgan fingerprint density at radius 2 is 1.81 bits per heavy atom. The third-order valence-corrected chi connectivity index (χ3v) is 4.26. The van der Waals surface area contributed by atoms with Crippen LogP contribution >= 0.6 is 0 Å². The molecule has 21 heavy (non-hydrogen) atoms. The quantitative estimate of drug-likeness (QED) is 0.812. The number of carbonyl (C=O) groups excluding carboxylic acids is 2. The van der Waals surface area contributed by atoms with Gasteiger partial charge in [0.15, 0.2) is 0 Å². The first kappa shape index (κ1) is 14.0. The van der Waals surface area contributed by atoms with Crippen molar-refractivity contribution in [3.05, 3.63) is 24.3 Å². The molecule has 3 rings (SSSR count). The molecule has 2 saturated heterocycles. The van der Waals surface area contributed by atoms with Gasteiger partial charge in [-0.1, -0.05) is 0 Å². The summed E-state index contributed by atoms with van der Waals surface area (Å²) >= 11 is 0. The van der Waals surface area contributed by atoms with Gasteiger partial charge in [-0.3, -0.25) is 14.6 Å². The molecule has 6 nitrogen and oxygen atoms in total. The second-order valence-corrected chi connectivity index (χ2v) is 5.71. The fraction of sp³-hybridized carbons (Fsp3) is 0.600. The van der Waals surface area contributed by atoms with Crippen molar-refractivity contribution in [3.8, 4) is 0 Å². The summed E-state index contributed by atoms with van der Waals surface area (Å²) in [5.74, 6) is 0.0311. The van der Waals surface area contributed by atoms with Gasteiger partial charge in [-0.05, 0) is 25.7 Å². The van der Waals surface area contributed by atoms with Gasteiger partial charge in [0.1, 0.15) is 5.69 Å². The Kier molecular flexibility index (Phi) is 4.13. The summed E-state index contributed by atoms with van der Waals surface area (Å²) < 4.78 is 0. The van der Waals surface area contributed by atoms with Crippen LogP contribution in [0.25, 0.3) is 0 Å². The zero-order valence-electron chi connectivity index (χ0n) is 12.1. The average molecular weight is 288 g/mol. The fourth-order valence-corrected chi connectivity index (χ4v) is 3.13. The molecule has 3 heterocycles. The molecule has 0 aliphatic carbocycles. The van der Waals surface area contributed by atoms with E-state index >= 15 is 0 Å². The summed E-state index contributed by atoms with van der Waals surface area (Å²) in [5, 5.41) is 0. The number of nitrogens with zero attached hydrogens (tertiary/aromatic N) is 4. The van der Waals surface area contributed by atoms with Gasteiger partial charge in [0.05, 0.1) is 12.1 Å². The third kappa shape index (κ3) is 3.04. The lowest BCUT2D eigenvalue weighted by atomic mass is 9.96. The van der Waals surface area contributed by atoms with E-state index in [4.69, 9.17) is 0 Å². The minimum atomic E-state index is -0.123. The largest absolute Gasteiger partial charge is 0.342 e. The van der Waals surface area contributed by atoms with E-state index in [9.17, 15) is 9.59 Å². The molecule has 2 amide bonds. The standard InChI is InChI=1S/C15H20N4O2/c20-14(18-7-1-2-8-18)12-4-3-9-19(11-12)15(21)13-10-16-5-6-17-13/h5-6,10,12H,1-4,7-9,11H2/t12-/m0/s1. The van der Waals surface area contributed by atoms with Crippen LogP contribution in [0.3, 0.4) is 0 Å². The molecule has 2 aliphatic heterocycles. The van der Waals surface area contributed by atoms with Crippen LogP contribution in [0.15, 0.2) is 18.6 Å². The molecule has 0 saturated carbocycles. The van der Waals surface area contributed by atoms with Crippen molar-refractivity contribution in [1.29, 1.82) is 0 Å². The monoisotopic (exact) mass is 288 g/mol. The number of carbonyl (C=O) groups is 2. The van der Waals surface area contributed by atoms with Crippen molar-refractivity contribution >= 4 is 11.8 Å². The Labute approximate surface area is 124 Å². The Morgan fingerprint density at radius 1 is 1.05 bits per heavy atom. The van der Waals surface area contributed by atoms with E-state index < -0.39 is 0 Å². The van der Waals surface area contributed by atoms with Gasteiger partial charge in [-0.2, -0.15) is 0 Å². The van der Waals surface area contributed by atoms with Gasteiger partial charge in [-0.15, -0.1) is 0 Å². The van der Waals surface area contributed by atoms with Crippen LogP contribution in [0, 0.1) is 5.92 Å². The van der Waals surface area contributed by atoms with Crippen molar-refractivity contribution in [2.75, 3.05) is 26.2 Å². The van der Waals surface area contributed by atoms with Crippen molar-refractivity contribution in [3.63, 3.8) is 0 Å². The molecule has 0 aromatic carbocycles. The summed E-state index contributed by atoms with van der Waals surface area (Å²) in [4.78, 5) is 36.5. The molecule has 2 fully saturated rings. The highest BCUT2D eigenvalue weighted by Crippen LogP contribution is 2.22. The van der Waals surface area contributed by atoms with Gasteiger partial charge in [-0.25, -0.2) is 4.98 Å². The van der Waals surface area contributed by atoms with Crippen molar-refractivity contribution < 1.29 is 9.59 Å². The summed E-state index contributed by atoms with van der Waals surface area (Å²) in [6.07, 6.45) is 8.49. The number of likely N-dealkylation sites (tertiary alicyclic amines) is 2. The van der Waals surface area contributed by atoms with Gasteiger partial charge >= 0.3 is 0 Å². The van der Waals surface area contributed by atoms with E-state index in [0.717, 1.165) is 38.8 Å². The molecule has 0 N–H and O–H groups in total. The molecule has 0 spiro atoms. The number of amides is 2. The molecule has 0 unspecified atom stereocenters. The maximum Gasteiger partial charge on any atom is 0.274 e. The average Bonchev–Trinajstić information content (AvgIpc) is 3.09. The van der Waals surface area contributed by atoms with Crippen LogP contribution < -0.4 is 0 Å². The smallest absolute Gasteiger partial charge is 0.274 e. The first-order valence-electron chi connectivity index (χ1n) is 7.60. The van der Waals surface area contributed by atoms with E-state index in [1.807, 2.05) is 4.90 Å². The molecule has 0 bridgehead atoms. The summed E-state index contributed by atoms with van der Waals surface area (Å²) in [5.41, 5.74) is 0.353. The van der Waals surface area contributed by atoms with Gasteiger partial charge < -0.3 is 9.80 Å². The van der Waals surface area contributed by atoms with E-state index in [-0.39, 0.29) is 17.7 Å². The van der Waals surface area contributed by atoms with Gasteiger partial charge in [0, 0.05) is 38.6 Å². The van der Waals surface area contributed by atoms with Crippen LogP contribution in [0.2, 0.25) is 0 Å². The van der Waals surface area contributed by atoms with Crippen LogP contribution in [-0.2, 0) is 4.79 Å². The molecular formula is C15H20N4O2. The highest BCUT2D eigenvalue weighted by atomic mass is 16.2. The zero-order valence-corrected chi connectivity index (χ0v) is 12.1. The molecule has 1 aromatic rings. The Balaban J connectivity index is 1.65. The molecule has 112 valence electrons. The molecule has 0 radical (unpaired) electrons. The maximum atomic E-state index is 12.5. The third-order valence-electron chi connectivity index (χ3n) is 4.26. The minimum Gasteiger partial charge on any atom is -0.342 e. The number of piperidine rings is 1. The summed E-state index contributed by atoms with van der Waals surface area (Å²) in [6.45, 7) is 2.94. The van der Waals surface area contributed by atoms with Gasteiger partial charge in [0.25, 0.3) is 5.91 Å². The highest BCUT2D eigenvalue weighted by Gasteiger charge is 2.32. The summed E-state index contributed by atoms with van der Waals surface area (Å²) in [6, 6.07) is 0. The highest BCUT2D eigenvalue weighted by molar-refractivity contribution is 5.92. The SMILES string of the molecule is O=C(c1cnccn1)N1CCC[C@H](C(=O)N2CCCC2)C1. The molecular weight excluding hydrogens is 268 g/mol.